The molecule has 2 rings (SSSR count). The lowest BCUT2D eigenvalue weighted by Crippen LogP contribution is -2.13. The molecule has 1 N–H and O–H groups in total. The van der Waals surface area contributed by atoms with E-state index in [4.69, 9.17) is 0 Å². The van der Waals surface area contributed by atoms with Gasteiger partial charge in [0.25, 0.3) is 5.91 Å². The average Bonchev–Trinajstić information content (AvgIpc) is 2.30. The highest BCUT2D eigenvalue weighted by molar-refractivity contribution is 6.03. The molecule has 0 unspecified atom stereocenters. The van der Waals surface area contributed by atoms with Crippen molar-refractivity contribution in [3.63, 3.8) is 0 Å². The third-order valence-electron chi connectivity index (χ3n) is 1.80. The molecule has 0 atom stereocenters. The summed E-state index contributed by atoms with van der Waals surface area (Å²) in [4.78, 5) is 15.1. The van der Waals surface area contributed by atoms with Crippen LogP contribution in [0.25, 0.3) is 0 Å². The number of carbonyl (C=O) groups excluding carboxylic acids is 1. The molecule has 2 aromatic rings. The van der Waals surface area contributed by atoms with Gasteiger partial charge in [-0.2, -0.15) is 14.6 Å². The van der Waals surface area contributed by atoms with Gasteiger partial charge in [0.2, 0.25) is 5.95 Å². The summed E-state index contributed by atoms with van der Waals surface area (Å²) in [6.45, 7) is 0. The number of amides is 1. The third-order valence-corrected chi connectivity index (χ3v) is 1.80. The van der Waals surface area contributed by atoms with Crippen LogP contribution in [0.2, 0.25) is 0 Å². The quantitative estimate of drug-likeness (QED) is 0.770. The van der Waals surface area contributed by atoms with Crippen LogP contribution in [0.4, 0.5) is 10.2 Å². The van der Waals surface area contributed by atoms with E-state index in [9.17, 15) is 9.18 Å². The number of aromatic nitrogens is 3. The predicted molar refractivity (Wildman–Crippen MR) is 54.2 cm³/mol. The second-order valence-corrected chi connectivity index (χ2v) is 2.93. The van der Waals surface area contributed by atoms with Crippen molar-refractivity contribution in [1.29, 1.82) is 0 Å². The molecule has 0 aliphatic rings. The molecule has 80 valence electrons. The van der Waals surface area contributed by atoms with Crippen LogP contribution in [-0.4, -0.2) is 21.1 Å². The van der Waals surface area contributed by atoms with Crippen molar-refractivity contribution in [2.45, 2.75) is 0 Å². The Balaban J connectivity index is 2.14. The zero-order chi connectivity index (χ0) is 11.4. The van der Waals surface area contributed by atoms with Gasteiger partial charge in [0.05, 0.1) is 18.0 Å². The Kier molecular flexibility index (Phi) is 2.81. The Morgan fingerprint density at radius 2 is 2.12 bits per heavy atom. The Morgan fingerprint density at radius 1 is 1.25 bits per heavy atom. The maximum atomic E-state index is 12.7. The molecule has 0 radical (unpaired) electrons. The van der Waals surface area contributed by atoms with Crippen LogP contribution in [-0.2, 0) is 0 Å². The van der Waals surface area contributed by atoms with Crippen LogP contribution in [0, 0.1) is 5.95 Å². The first-order valence-electron chi connectivity index (χ1n) is 4.46. The van der Waals surface area contributed by atoms with Gasteiger partial charge in [-0.25, -0.2) is 4.98 Å². The number of halogens is 1. The average molecular weight is 218 g/mol. The lowest BCUT2D eigenvalue weighted by atomic mass is 10.3. The highest BCUT2D eigenvalue weighted by Gasteiger charge is 2.06. The second kappa shape index (κ2) is 4.43. The molecule has 16 heavy (non-hydrogen) atoms. The monoisotopic (exact) mass is 218 g/mol. The van der Waals surface area contributed by atoms with Gasteiger partial charge in [0.1, 0.15) is 5.82 Å². The number of anilines is 1. The number of rotatable bonds is 2. The number of pyridine rings is 1. The van der Waals surface area contributed by atoms with Gasteiger partial charge in [0, 0.05) is 0 Å². The van der Waals surface area contributed by atoms with Crippen LogP contribution in [0.5, 0.6) is 0 Å². The molecule has 0 saturated heterocycles. The van der Waals surface area contributed by atoms with E-state index in [1.807, 2.05) is 0 Å². The fraction of sp³-hybridized carbons (Fsp3) is 0. The van der Waals surface area contributed by atoms with Crippen LogP contribution >= 0.6 is 0 Å². The molecule has 0 aliphatic carbocycles. The molecule has 5 nitrogen and oxygen atoms in total. The van der Waals surface area contributed by atoms with E-state index < -0.39 is 11.9 Å². The van der Waals surface area contributed by atoms with E-state index in [1.165, 1.54) is 36.7 Å². The molecule has 1 amide bonds. The SMILES string of the molecule is O=C(Nc1cccc(F)n1)c1ccnnc1. The molecule has 0 bridgehead atoms. The van der Waals surface area contributed by atoms with E-state index in [-0.39, 0.29) is 5.82 Å². The summed E-state index contributed by atoms with van der Waals surface area (Å²) in [7, 11) is 0. The van der Waals surface area contributed by atoms with Crippen molar-refractivity contribution < 1.29 is 9.18 Å². The van der Waals surface area contributed by atoms with Gasteiger partial charge < -0.3 is 5.32 Å². The first-order chi connectivity index (χ1) is 7.75. The van der Waals surface area contributed by atoms with E-state index in [0.29, 0.717) is 5.56 Å². The summed E-state index contributed by atoms with van der Waals surface area (Å²) >= 11 is 0. The lowest BCUT2D eigenvalue weighted by Gasteiger charge is -2.02. The first-order valence-corrected chi connectivity index (χ1v) is 4.46. The topological polar surface area (TPSA) is 67.8 Å². The molecule has 6 heteroatoms. The van der Waals surface area contributed by atoms with E-state index in [2.05, 4.69) is 20.5 Å². The molecule has 0 aliphatic heterocycles. The zero-order valence-electron chi connectivity index (χ0n) is 8.09. The van der Waals surface area contributed by atoms with E-state index in [0.717, 1.165) is 0 Å². The Bertz CT molecular complexity index is 503. The Labute approximate surface area is 90.4 Å². The van der Waals surface area contributed by atoms with E-state index >= 15 is 0 Å². The molecule has 0 fully saturated rings. The summed E-state index contributed by atoms with van der Waals surface area (Å²) in [6.07, 6.45) is 2.71. The minimum Gasteiger partial charge on any atom is -0.306 e. The van der Waals surface area contributed by atoms with Gasteiger partial charge in [-0.05, 0) is 18.2 Å². The maximum Gasteiger partial charge on any atom is 0.258 e. The number of carbonyl (C=O) groups is 1. The molecular formula is C10H7FN4O. The summed E-state index contributed by atoms with van der Waals surface area (Å²) in [5.41, 5.74) is 0.334. The molecular weight excluding hydrogens is 211 g/mol. The van der Waals surface area contributed by atoms with E-state index in [1.54, 1.807) is 0 Å². The molecule has 0 aromatic carbocycles. The van der Waals surface area contributed by atoms with Gasteiger partial charge in [-0.15, -0.1) is 0 Å². The van der Waals surface area contributed by atoms with Crippen molar-refractivity contribution in [1.82, 2.24) is 15.2 Å². The summed E-state index contributed by atoms with van der Waals surface area (Å²) in [6, 6.07) is 5.66. The van der Waals surface area contributed by atoms with Gasteiger partial charge >= 0.3 is 0 Å². The Hall–Kier alpha value is -2.37. The highest BCUT2D eigenvalue weighted by atomic mass is 19.1. The van der Waals surface area contributed by atoms with Crippen molar-refractivity contribution in [2.75, 3.05) is 5.32 Å². The molecule has 2 heterocycles. The molecule has 0 saturated carbocycles. The number of hydrogen-bond acceptors (Lipinski definition) is 4. The van der Waals surface area contributed by atoms with Gasteiger partial charge in [0.15, 0.2) is 0 Å². The van der Waals surface area contributed by atoms with Gasteiger partial charge in [-0.1, -0.05) is 6.07 Å². The van der Waals surface area contributed by atoms with Crippen LogP contribution in [0.15, 0.2) is 36.7 Å². The van der Waals surface area contributed by atoms with Crippen LogP contribution in [0.1, 0.15) is 10.4 Å². The second-order valence-electron chi connectivity index (χ2n) is 2.93. The Morgan fingerprint density at radius 3 is 2.81 bits per heavy atom. The predicted octanol–water partition coefficient (Wildman–Crippen LogP) is 1.26. The summed E-state index contributed by atoms with van der Waals surface area (Å²) in [5, 5.41) is 9.54. The summed E-state index contributed by atoms with van der Waals surface area (Å²) in [5.74, 6) is -0.902. The van der Waals surface area contributed by atoms with Gasteiger partial charge in [-0.3, -0.25) is 4.79 Å². The van der Waals surface area contributed by atoms with Crippen LogP contribution in [0.3, 0.4) is 0 Å². The normalized spacial score (nSPS) is 9.81. The fourth-order valence-electron chi connectivity index (χ4n) is 1.09. The third kappa shape index (κ3) is 2.35. The molecule has 0 spiro atoms. The number of nitrogens with one attached hydrogen (secondary N) is 1. The largest absolute Gasteiger partial charge is 0.306 e. The standard InChI is InChI=1S/C10H7FN4O/c11-8-2-1-3-9(14-8)15-10(16)7-4-5-12-13-6-7/h1-6H,(H,14,15,16). The van der Waals surface area contributed by atoms with Crippen molar-refractivity contribution in [2.24, 2.45) is 0 Å². The zero-order valence-corrected chi connectivity index (χ0v) is 8.09. The smallest absolute Gasteiger partial charge is 0.258 e. The minimum atomic E-state index is -0.648. The van der Waals surface area contributed by atoms with Crippen LogP contribution < -0.4 is 5.32 Å². The lowest BCUT2D eigenvalue weighted by molar-refractivity contribution is 0.102. The minimum absolute atomic E-state index is 0.154. The van der Waals surface area contributed by atoms with Crippen molar-refractivity contribution >= 4 is 11.7 Å². The maximum absolute atomic E-state index is 12.7. The summed E-state index contributed by atoms with van der Waals surface area (Å²) < 4.78 is 12.7. The molecule has 2 aromatic heterocycles. The first kappa shape index (κ1) is 10.2. The number of nitrogens with zero attached hydrogens (tertiary/aromatic N) is 3. The van der Waals surface area contributed by atoms with Crippen molar-refractivity contribution in [3.05, 3.63) is 48.2 Å². The van der Waals surface area contributed by atoms with Crippen molar-refractivity contribution in [3.8, 4) is 0 Å². The fourth-order valence-corrected chi connectivity index (χ4v) is 1.09. The highest BCUT2D eigenvalue weighted by Crippen LogP contribution is 2.05. The number of hydrogen-bond donors (Lipinski definition) is 1.